The summed E-state index contributed by atoms with van der Waals surface area (Å²) < 4.78 is 38.9. The number of morpholine rings is 1. The number of carbonyl (C=O) groups is 2. The summed E-state index contributed by atoms with van der Waals surface area (Å²) in [6, 6.07) is 19.1. The molecule has 1 amide bonds. The highest BCUT2D eigenvalue weighted by atomic mass is 32.2. The topological polar surface area (TPSA) is 137 Å². The summed E-state index contributed by atoms with van der Waals surface area (Å²) in [6.45, 7) is 4.41. The number of para-hydroxylation sites is 1. The number of amides is 1. The molecule has 11 nitrogen and oxygen atoms in total. The van der Waals surface area contributed by atoms with Gasteiger partial charge < -0.3 is 14.8 Å². The molecule has 3 aromatic carbocycles. The number of fused-ring (bicyclic) bond motifs is 1. The maximum absolute atomic E-state index is 13.0. The number of aryl methyl sites for hydroxylation is 1. The van der Waals surface area contributed by atoms with Crippen molar-refractivity contribution in [2.45, 2.75) is 24.8 Å². The molecule has 0 spiro atoms. The molecule has 41 heavy (non-hydrogen) atoms. The number of benzene rings is 3. The Bertz CT molecular complexity index is 1760. The second kappa shape index (κ2) is 11.6. The van der Waals surface area contributed by atoms with Crippen molar-refractivity contribution < 1.29 is 27.5 Å². The van der Waals surface area contributed by atoms with Crippen LogP contribution in [0.4, 0.5) is 5.69 Å². The van der Waals surface area contributed by atoms with Crippen LogP contribution in [0.5, 0.6) is 0 Å². The first-order valence-electron chi connectivity index (χ1n) is 12.9. The van der Waals surface area contributed by atoms with Crippen molar-refractivity contribution in [3.05, 3.63) is 94.5 Å². The summed E-state index contributed by atoms with van der Waals surface area (Å²) in [4.78, 5) is 43.0. The van der Waals surface area contributed by atoms with Gasteiger partial charge in [-0.3, -0.25) is 14.2 Å². The second-order valence-electron chi connectivity index (χ2n) is 9.44. The van der Waals surface area contributed by atoms with Gasteiger partial charge in [-0.05, 0) is 74.5 Å². The minimum Gasteiger partial charge on any atom is -0.449 e. The summed E-state index contributed by atoms with van der Waals surface area (Å²) in [6.07, 6.45) is -1.13. The van der Waals surface area contributed by atoms with E-state index in [2.05, 4.69) is 10.3 Å². The Labute approximate surface area is 236 Å². The Morgan fingerprint density at radius 1 is 0.976 bits per heavy atom. The van der Waals surface area contributed by atoms with Crippen LogP contribution in [0.15, 0.2) is 82.5 Å². The molecule has 1 N–H and O–H groups in total. The number of nitrogens with one attached hydrogen (secondary N) is 1. The van der Waals surface area contributed by atoms with Crippen LogP contribution in [0.1, 0.15) is 23.1 Å². The monoisotopic (exact) mass is 576 g/mol. The number of nitrogens with zero attached hydrogens (tertiary/aromatic N) is 3. The predicted molar refractivity (Wildman–Crippen MR) is 152 cm³/mol. The van der Waals surface area contributed by atoms with Gasteiger partial charge in [0.1, 0.15) is 5.82 Å². The van der Waals surface area contributed by atoms with E-state index in [0.29, 0.717) is 41.3 Å². The largest absolute Gasteiger partial charge is 0.449 e. The Morgan fingerprint density at radius 2 is 1.63 bits per heavy atom. The van der Waals surface area contributed by atoms with E-state index in [1.54, 1.807) is 37.3 Å². The van der Waals surface area contributed by atoms with Gasteiger partial charge in [0.2, 0.25) is 10.0 Å². The maximum Gasteiger partial charge on any atom is 0.338 e. The molecule has 0 saturated carbocycles. The molecular weight excluding hydrogens is 548 g/mol. The summed E-state index contributed by atoms with van der Waals surface area (Å²) in [5.41, 5.74) is 1.47. The fourth-order valence-corrected chi connectivity index (χ4v) is 5.87. The first-order valence-corrected chi connectivity index (χ1v) is 14.4. The number of hydrogen-bond acceptors (Lipinski definition) is 8. The highest BCUT2D eigenvalue weighted by molar-refractivity contribution is 7.89. The second-order valence-corrected chi connectivity index (χ2v) is 11.4. The molecular formula is C29H28N4O7S. The van der Waals surface area contributed by atoms with Gasteiger partial charge in [0.05, 0.1) is 40.3 Å². The lowest BCUT2D eigenvalue weighted by Gasteiger charge is -2.26. The molecule has 1 aliphatic heterocycles. The molecule has 1 unspecified atom stereocenters. The zero-order chi connectivity index (χ0) is 29.1. The Hall–Kier alpha value is -4.39. The molecule has 1 saturated heterocycles. The van der Waals surface area contributed by atoms with Crippen molar-refractivity contribution in [1.29, 1.82) is 0 Å². The van der Waals surface area contributed by atoms with Crippen LogP contribution in [0, 0.1) is 6.92 Å². The molecule has 2 heterocycles. The van der Waals surface area contributed by atoms with Gasteiger partial charge in [-0.1, -0.05) is 12.1 Å². The van der Waals surface area contributed by atoms with E-state index in [1.165, 1.54) is 52.2 Å². The summed E-state index contributed by atoms with van der Waals surface area (Å²) >= 11 is 0. The van der Waals surface area contributed by atoms with Gasteiger partial charge in [-0.25, -0.2) is 18.2 Å². The van der Waals surface area contributed by atoms with E-state index in [0.717, 1.165) is 0 Å². The number of aromatic nitrogens is 2. The predicted octanol–water partition coefficient (Wildman–Crippen LogP) is 2.90. The van der Waals surface area contributed by atoms with E-state index < -0.39 is 28.0 Å². The third-order valence-corrected chi connectivity index (χ3v) is 8.60. The fourth-order valence-electron chi connectivity index (χ4n) is 4.47. The molecule has 1 aromatic heterocycles. The Morgan fingerprint density at radius 3 is 2.32 bits per heavy atom. The average Bonchev–Trinajstić information content (AvgIpc) is 2.98. The number of sulfonamides is 1. The number of esters is 1. The lowest BCUT2D eigenvalue weighted by Crippen LogP contribution is -2.40. The standard InChI is InChI=1S/C29H28N4O7S/c1-19(27(34)31-22-9-13-24(14-10-22)41(37,38)32-15-17-39-18-16-32)40-29(36)21-7-11-23(12-8-21)33-20(2)30-26-6-4-3-5-25(26)28(33)35/h3-14,19H,15-18H2,1-2H3,(H,31,34). The Kier molecular flexibility index (Phi) is 7.97. The summed E-state index contributed by atoms with van der Waals surface area (Å²) in [7, 11) is -3.66. The molecule has 0 bridgehead atoms. The molecule has 1 fully saturated rings. The van der Waals surface area contributed by atoms with Crippen molar-refractivity contribution in [1.82, 2.24) is 13.9 Å². The SMILES string of the molecule is Cc1nc2ccccc2c(=O)n1-c1ccc(C(=O)OC(C)C(=O)Nc2ccc(S(=O)(=O)N3CCOCC3)cc2)cc1. The lowest BCUT2D eigenvalue weighted by atomic mass is 10.2. The highest BCUT2D eigenvalue weighted by Crippen LogP contribution is 2.20. The van der Waals surface area contributed by atoms with Gasteiger partial charge in [-0.15, -0.1) is 0 Å². The van der Waals surface area contributed by atoms with E-state index >= 15 is 0 Å². The summed E-state index contributed by atoms with van der Waals surface area (Å²) in [5.74, 6) is -0.795. The zero-order valence-electron chi connectivity index (χ0n) is 22.4. The van der Waals surface area contributed by atoms with Crippen molar-refractivity contribution in [3.8, 4) is 5.69 Å². The maximum atomic E-state index is 13.0. The van der Waals surface area contributed by atoms with Gasteiger partial charge >= 0.3 is 5.97 Å². The van der Waals surface area contributed by atoms with Crippen LogP contribution >= 0.6 is 0 Å². The van der Waals surface area contributed by atoms with E-state index in [4.69, 9.17) is 9.47 Å². The first-order chi connectivity index (χ1) is 19.6. The molecule has 0 radical (unpaired) electrons. The van der Waals surface area contributed by atoms with Crippen LogP contribution in [-0.4, -0.2) is 66.6 Å². The van der Waals surface area contributed by atoms with Crippen molar-refractivity contribution in [3.63, 3.8) is 0 Å². The number of anilines is 1. The first kappa shape index (κ1) is 28.1. The third kappa shape index (κ3) is 5.89. The number of hydrogen-bond donors (Lipinski definition) is 1. The number of ether oxygens (including phenoxy) is 2. The normalized spacial score (nSPS) is 14.9. The highest BCUT2D eigenvalue weighted by Gasteiger charge is 2.26. The van der Waals surface area contributed by atoms with Crippen molar-refractivity contribution >= 4 is 38.5 Å². The fraction of sp³-hybridized carbons (Fsp3) is 0.241. The van der Waals surface area contributed by atoms with E-state index in [9.17, 15) is 22.8 Å². The van der Waals surface area contributed by atoms with Gasteiger partial charge in [0.25, 0.3) is 11.5 Å². The van der Waals surface area contributed by atoms with Crippen LogP contribution in [0.3, 0.4) is 0 Å². The van der Waals surface area contributed by atoms with Crippen LogP contribution < -0.4 is 10.9 Å². The van der Waals surface area contributed by atoms with E-state index in [-0.39, 0.29) is 29.1 Å². The molecule has 0 aliphatic carbocycles. The quantitative estimate of drug-likeness (QED) is 0.332. The third-order valence-electron chi connectivity index (χ3n) is 6.69. The van der Waals surface area contributed by atoms with Gasteiger partial charge in [-0.2, -0.15) is 4.31 Å². The molecule has 5 rings (SSSR count). The minimum atomic E-state index is -3.66. The van der Waals surface area contributed by atoms with Crippen molar-refractivity contribution in [2.24, 2.45) is 0 Å². The lowest BCUT2D eigenvalue weighted by molar-refractivity contribution is -0.123. The molecule has 212 valence electrons. The molecule has 12 heteroatoms. The zero-order valence-corrected chi connectivity index (χ0v) is 23.3. The molecule has 1 atom stereocenters. The van der Waals surface area contributed by atoms with Gasteiger partial charge in [0.15, 0.2) is 6.10 Å². The number of rotatable bonds is 7. The molecule has 4 aromatic rings. The Balaban J connectivity index is 1.22. The summed E-state index contributed by atoms with van der Waals surface area (Å²) in [5, 5.41) is 3.11. The minimum absolute atomic E-state index is 0.109. The average molecular weight is 577 g/mol. The van der Waals surface area contributed by atoms with Crippen LogP contribution in [-0.2, 0) is 24.3 Å². The smallest absolute Gasteiger partial charge is 0.338 e. The van der Waals surface area contributed by atoms with Crippen molar-refractivity contribution in [2.75, 3.05) is 31.6 Å². The molecule has 1 aliphatic rings. The number of carbonyl (C=O) groups excluding carboxylic acids is 2. The van der Waals surface area contributed by atoms with Gasteiger partial charge in [0, 0.05) is 18.8 Å². The van der Waals surface area contributed by atoms with Crippen LogP contribution in [0.25, 0.3) is 16.6 Å². The van der Waals surface area contributed by atoms with E-state index in [1.807, 2.05) is 6.07 Å². The van der Waals surface area contributed by atoms with Crippen LogP contribution in [0.2, 0.25) is 0 Å².